The highest BCUT2D eigenvalue weighted by atomic mass is 16.5. The van der Waals surface area contributed by atoms with Gasteiger partial charge >= 0.3 is 0 Å². The molecule has 0 saturated carbocycles. The predicted octanol–water partition coefficient (Wildman–Crippen LogP) is 1.66. The molecule has 3 heteroatoms. The van der Waals surface area contributed by atoms with Crippen LogP contribution in [0.15, 0.2) is 18.2 Å². The zero-order valence-corrected chi connectivity index (χ0v) is 6.74. The van der Waals surface area contributed by atoms with Gasteiger partial charge in [-0.3, -0.25) is 0 Å². The van der Waals surface area contributed by atoms with E-state index < -0.39 is 0 Å². The quantitative estimate of drug-likeness (QED) is 0.721. The van der Waals surface area contributed by atoms with E-state index in [1.165, 1.54) is 18.2 Å². The van der Waals surface area contributed by atoms with E-state index in [1.54, 1.807) is 0 Å². The fourth-order valence-corrected chi connectivity index (χ4v) is 0.878. The molecule has 0 saturated heterocycles. The Balaban J connectivity index is 3.06. The third-order valence-corrected chi connectivity index (χ3v) is 1.39. The zero-order chi connectivity index (χ0) is 8.97. The van der Waals surface area contributed by atoms with Crippen molar-refractivity contribution in [2.24, 2.45) is 0 Å². The molecule has 62 valence electrons. The summed E-state index contributed by atoms with van der Waals surface area (Å²) in [6.07, 6.45) is 0. The molecule has 1 rings (SSSR count). The fraction of sp³-hybridized carbons (Fsp3) is 0.222. The molecule has 0 radical (unpaired) electrons. The Morgan fingerprint density at radius 3 is 2.92 bits per heavy atom. The molecule has 0 aliphatic heterocycles. The Kier molecular flexibility index (Phi) is 2.54. The van der Waals surface area contributed by atoms with Gasteiger partial charge in [0.2, 0.25) is 0 Å². The molecule has 0 atom stereocenters. The van der Waals surface area contributed by atoms with Gasteiger partial charge in [0.25, 0.3) is 0 Å². The van der Waals surface area contributed by atoms with Crippen LogP contribution in [-0.2, 0) is 0 Å². The molecule has 0 aliphatic carbocycles. The van der Waals surface area contributed by atoms with Crippen molar-refractivity contribution in [2.75, 3.05) is 6.61 Å². The predicted molar refractivity (Wildman–Crippen MR) is 44.0 cm³/mol. The standard InChI is InChI=1S/C9H9NO2/c1-2-12-9-5-8(11)4-3-7(9)6-10/h3-5,11H,2H2,1H3. The van der Waals surface area contributed by atoms with E-state index in [0.29, 0.717) is 17.9 Å². The molecule has 0 spiro atoms. The van der Waals surface area contributed by atoms with E-state index >= 15 is 0 Å². The van der Waals surface area contributed by atoms with E-state index in [1.807, 2.05) is 13.0 Å². The van der Waals surface area contributed by atoms with Crippen LogP contribution in [0, 0.1) is 11.3 Å². The summed E-state index contributed by atoms with van der Waals surface area (Å²) >= 11 is 0. The van der Waals surface area contributed by atoms with Gasteiger partial charge < -0.3 is 9.84 Å². The van der Waals surface area contributed by atoms with Gasteiger partial charge in [0.1, 0.15) is 17.6 Å². The van der Waals surface area contributed by atoms with Crippen molar-refractivity contribution < 1.29 is 9.84 Å². The molecule has 1 aromatic rings. The number of ether oxygens (including phenoxy) is 1. The molecule has 0 amide bonds. The van der Waals surface area contributed by atoms with Gasteiger partial charge in [0.05, 0.1) is 12.2 Å². The first kappa shape index (κ1) is 8.41. The average Bonchev–Trinajstić information content (AvgIpc) is 2.05. The van der Waals surface area contributed by atoms with Crippen molar-refractivity contribution in [2.45, 2.75) is 6.92 Å². The second kappa shape index (κ2) is 3.63. The van der Waals surface area contributed by atoms with Crippen molar-refractivity contribution in [3.8, 4) is 17.6 Å². The SMILES string of the molecule is CCOc1cc(O)ccc1C#N. The topological polar surface area (TPSA) is 53.2 Å². The van der Waals surface area contributed by atoms with Crippen molar-refractivity contribution in [3.63, 3.8) is 0 Å². The van der Waals surface area contributed by atoms with Crippen LogP contribution in [-0.4, -0.2) is 11.7 Å². The largest absolute Gasteiger partial charge is 0.508 e. The summed E-state index contributed by atoms with van der Waals surface area (Å²) in [5.41, 5.74) is 0.439. The Morgan fingerprint density at radius 2 is 2.33 bits per heavy atom. The summed E-state index contributed by atoms with van der Waals surface area (Å²) < 4.78 is 5.13. The van der Waals surface area contributed by atoms with Crippen molar-refractivity contribution in [1.29, 1.82) is 5.26 Å². The van der Waals surface area contributed by atoms with Gasteiger partial charge in [0, 0.05) is 6.07 Å². The molecule has 1 N–H and O–H groups in total. The Hall–Kier alpha value is -1.69. The lowest BCUT2D eigenvalue weighted by Gasteiger charge is -2.04. The molecule has 0 fully saturated rings. The molecule has 3 nitrogen and oxygen atoms in total. The summed E-state index contributed by atoms with van der Waals surface area (Å²) in [6.45, 7) is 2.31. The van der Waals surface area contributed by atoms with Gasteiger partial charge in [-0.05, 0) is 19.1 Å². The highest BCUT2D eigenvalue weighted by Gasteiger charge is 2.02. The Morgan fingerprint density at radius 1 is 1.58 bits per heavy atom. The molecule has 0 bridgehead atoms. The number of rotatable bonds is 2. The molecule has 0 heterocycles. The number of hydrogen-bond acceptors (Lipinski definition) is 3. The highest BCUT2D eigenvalue weighted by Crippen LogP contribution is 2.22. The van der Waals surface area contributed by atoms with Gasteiger partial charge in [0.15, 0.2) is 0 Å². The molecular formula is C9H9NO2. The van der Waals surface area contributed by atoms with Crippen LogP contribution in [0.25, 0.3) is 0 Å². The summed E-state index contributed by atoms with van der Waals surface area (Å²) in [5.74, 6) is 0.539. The van der Waals surface area contributed by atoms with Gasteiger partial charge in [-0.1, -0.05) is 0 Å². The van der Waals surface area contributed by atoms with Crippen LogP contribution in [0.5, 0.6) is 11.5 Å². The normalized spacial score (nSPS) is 9.00. The van der Waals surface area contributed by atoms with Gasteiger partial charge in [-0.2, -0.15) is 5.26 Å². The molecule has 0 aromatic heterocycles. The summed E-state index contributed by atoms with van der Waals surface area (Å²) in [4.78, 5) is 0. The number of hydrogen-bond donors (Lipinski definition) is 1. The number of phenolic OH excluding ortho intramolecular Hbond substituents is 1. The number of nitrogens with zero attached hydrogens (tertiary/aromatic N) is 1. The van der Waals surface area contributed by atoms with Crippen LogP contribution in [0.3, 0.4) is 0 Å². The monoisotopic (exact) mass is 163 g/mol. The van der Waals surface area contributed by atoms with Crippen molar-refractivity contribution >= 4 is 0 Å². The van der Waals surface area contributed by atoms with Crippen LogP contribution in [0.2, 0.25) is 0 Å². The molecule has 1 aromatic carbocycles. The third kappa shape index (κ3) is 1.67. The first-order valence-electron chi connectivity index (χ1n) is 3.64. The number of benzene rings is 1. The highest BCUT2D eigenvalue weighted by molar-refractivity contribution is 5.46. The van der Waals surface area contributed by atoms with E-state index in [2.05, 4.69) is 0 Å². The van der Waals surface area contributed by atoms with Crippen molar-refractivity contribution in [3.05, 3.63) is 23.8 Å². The lowest BCUT2D eigenvalue weighted by atomic mass is 10.2. The van der Waals surface area contributed by atoms with Gasteiger partial charge in [-0.25, -0.2) is 0 Å². The fourth-order valence-electron chi connectivity index (χ4n) is 0.878. The van der Waals surface area contributed by atoms with E-state index in [4.69, 9.17) is 15.1 Å². The van der Waals surface area contributed by atoms with E-state index in [9.17, 15) is 0 Å². The van der Waals surface area contributed by atoms with E-state index in [-0.39, 0.29) is 5.75 Å². The maximum absolute atomic E-state index is 9.07. The minimum absolute atomic E-state index is 0.109. The molecule has 0 aliphatic rings. The average molecular weight is 163 g/mol. The number of aromatic hydroxyl groups is 1. The maximum atomic E-state index is 9.07. The van der Waals surface area contributed by atoms with E-state index in [0.717, 1.165) is 0 Å². The second-order valence-corrected chi connectivity index (χ2v) is 2.23. The lowest BCUT2D eigenvalue weighted by Crippen LogP contribution is -1.93. The van der Waals surface area contributed by atoms with Crippen LogP contribution >= 0.6 is 0 Å². The van der Waals surface area contributed by atoms with Crippen LogP contribution in [0.1, 0.15) is 12.5 Å². The minimum Gasteiger partial charge on any atom is -0.508 e. The Labute approximate surface area is 70.8 Å². The molecule has 0 unspecified atom stereocenters. The first-order chi connectivity index (χ1) is 5.77. The molecular weight excluding hydrogens is 154 g/mol. The maximum Gasteiger partial charge on any atom is 0.140 e. The lowest BCUT2D eigenvalue weighted by molar-refractivity contribution is 0.336. The zero-order valence-electron chi connectivity index (χ0n) is 6.74. The van der Waals surface area contributed by atoms with Crippen molar-refractivity contribution in [1.82, 2.24) is 0 Å². The summed E-state index contributed by atoms with van der Waals surface area (Å²) in [5, 5.41) is 17.7. The van der Waals surface area contributed by atoms with Gasteiger partial charge in [-0.15, -0.1) is 0 Å². The minimum atomic E-state index is 0.109. The summed E-state index contributed by atoms with van der Waals surface area (Å²) in [7, 11) is 0. The van der Waals surface area contributed by atoms with Crippen LogP contribution in [0.4, 0.5) is 0 Å². The smallest absolute Gasteiger partial charge is 0.140 e. The van der Waals surface area contributed by atoms with Crippen LogP contribution < -0.4 is 4.74 Å². The first-order valence-corrected chi connectivity index (χ1v) is 3.64. The second-order valence-electron chi connectivity index (χ2n) is 2.23. The third-order valence-electron chi connectivity index (χ3n) is 1.39. The Bertz CT molecular complexity index is 315. The summed E-state index contributed by atoms with van der Waals surface area (Å²) in [6, 6.07) is 6.39. The molecule has 12 heavy (non-hydrogen) atoms. The number of nitriles is 1. The number of phenols is 1.